The number of carbonyl (C=O) groups excluding carboxylic acids is 1. The van der Waals surface area contributed by atoms with Crippen LogP contribution in [0.3, 0.4) is 0 Å². The zero-order valence-electron chi connectivity index (χ0n) is 11.1. The van der Waals surface area contributed by atoms with E-state index in [0.717, 1.165) is 23.2 Å². The van der Waals surface area contributed by atoms with Gasteiger partial charge in [0.15, 0.2) is 0 Å². The first-order valence-electron chi connectivity index (χ1n) is 6.68. The third-order valence-electron chi connectivity index (χ3n) is 3.58. The van der Waals surface area contributed by atoms with E-state index in [-0.39, 0.29) is 0 Å². The van der Waals surface area contributed by atoms with Crippen LogP contribution in [0.15, 0.2) is 60.7 Å². The van der Waals surface area contributed by atoms with Crippen LogP contribution in [0.5, 0.6) is 0 Å². The van der Waals surface area contributed by atoms with E-state index in [9.17, 15) is 4.79 Å². The fourth-order valence-corrected chi connectivity index (χ4v) is 2.68. The summed E-state index contributed by atoms with van der Waals surface area (Å²) in [5, 5.41) is 0. The van der Waals surface area contributed by atoms with Crippen molar-refractivity contribution < 1.29 is 4.79 Å². The first-order chi connectivity index (χ1) is 9.77. The number of primary amides is 1. The molecule has 100 valence electrons. The Morgan fingerprint density at radius 1 is 0.900 bits per heavy atom. The third kappa shape index (κ3) is 2.18. The molecule has 0 spiro atoms. The van der Waals surface area contributed by atoms with Crippen LogP contribution in [0, 0.1) is 0 Å². The Bertz CT molecular complexity index is 647. The van der Waals surface area contributed by atoms with Crippen molar-refractivity contribution in [3.63, 3.8) is 0 Å². The molecule has 0 saturated carbocycles. The van der Waals surface area contributed by atoms with E-state index in [1.165, 1.54) is 5.57 Å². The molecule has 0 radical (unpaired) electrons. The molecule has 0 saturated heterocycles. The molecule has 0 aliphatic carbocycles. The summed E-state index contributed by atoms with van der Waals surface area (Å²) >= 11 is 0. The van der Waals surface area contributed by atoms with Gasteiger partial charge in [0.25, 0.3) is 0 Å². The van der Waals surface area contributed by atoms with Crippen LogP contribution >= 0.6 is 0 Å². The summed E-state index contributed by atoms with van der Waals surface area (Å²) in [7, 11) is 0. The largest absolute Gasteiger partial charge is 0.351 e. The van der Waals surface area contributed by atoms with E-state index in [4.69, 9.17) is 5.73 Å². The fraction of sp³-hybridized carbons (Fsp3) is 0.118. The molecule has 2 amide bonds. The quantitative estimate of drug-likeness (QED) is 0.888. The second-order valence-electron chi connectivity index (χ2n) is 4.80. The number of hydrogen-bond donors (Lipinski definition) is 1. The summed E-state index contributed by atoms with van der Waals surface area (Å²) in [5.74, 6) is 0. The molecule has 20 heavy (non-hydrogen) atoms. The Kier molecular flexibility index (Phi) is 3.25. The van der Waals surface area contributed by atoms with Gasteiger partial charge in [0.1, 0.15) is 0 Å². The van der Waals surface area contributed by atoms with Crippen LogP contribution < -0.4 is 5.73 Å². The van der Waals surface area contributed by atoms with Crippen molar-refractivity contribution in [1.82, 2.24) is 4.90 Å². The molecule has 1 aliphatic rings. The van der Waals surface area contributed by atoms with E-state index in [1.807, 2.05) is 48.5 Å². The van der Waals surface area contributed by atoms with Crippen molar-refractivity contribution in [2.24, 2.45) is 5.73 Å². The first-order valence-corrected chi connectivity index (χ1v) is 6.68. The minimum Gasteiger partial charge on any atom is -0.351 e. The summed E-state index contributed by atoms with van der Waals surface area (Å²) in [4.78, 5) is 13.3. The van der Waals surface area contributed by atoms with Gasteiger partial charge in [-0.25, -0.2) is 4.79 Å². The zero-order valence-corrected chi connectivity index (χ0v) is 11.1. The van der Waals surface area contributed by atoms with E-state index < -0.39 is 6.03 Å². The highest BCUT2D eigenvalue weighted by atomic mass is 16.2. The Morgan fingerprint density at radius 3 is 2.00 bits per heavy atom. The van der Waals surface area contributed by atoms with Crippen LogP contribution in [-0.4, -0.2) is 17.5 Å². The van der Waals surface area contributed by atoms with Crippen LogP contribution in [-0.2, 0) is 0 Å². The van der Waals surface area contributed by atoms with E-state index in [0.29, 0.717) is 6.54 Å². The average Bonchev–Trinajstić information content (AvgIpc) is 2.94. The SMILES string of the molecule is NC(=O)N1CCC(c2ccccc2)=C1c1ccccc1. The predicted octanol–water partition coefficient (Wildman–Crippen LogP) is 3.34. The van der Waals surface area contributed by atoms with Crippen LogP contribution in [0.4, 0.5) is 4.79 Å². The van der Waals surface area contributed by atoms with Crippen molar-refractivity contribution in [3.05, 3.63) is 71.8 Å². The van der Waals surface area contributed by atoms with Gasteiger partial charge in [0.2, 0.25) is 0 Å². The van der Waals surface area contributed by atoms with Crippen molar-refractivity contribution in [3.8, 4) is 0 Å². The molecule has 3 rings (SSSR count). The van der Waals surface area contributed by atoms with Crippen molar-refractivity contribution in [2.75, 3.05) is 6.54 Å². The lowest BCUT2D eigenvalue weighted by Crippen LogP contribution is -2.32. The van der Waals surface area contributed by atoms with Crippen molar-refractivity contribution in [1.29, 1.82) is 0 Å². The van der Waals surface area contributed by atoms with Gasteiger partial charge in [-0.1, -0.05) is 60.7 Å². The van der Waals surface area contributed by atoms with Gasteiger partial charge in [-0.3, -0.25) is 4.90 Å². The standard InChI is InChI=1S/C17H16N2O/c18-17(20)19-12-11-15(13-7-3-1-4-8-13)16(19)14-9-5-2-6-10-14/h1-10H,11-12H2,(H2,18,20). The molecule has 2 N–H and O–H groups in total. The van der Waals surface area contributed by atoms with E-state index in [2.05, 4.69) is 12.1 Å². The Hall–Kier alpha value is -2.55. The van der Waals surface area contributed by atoms with Gasteiger partial charge < -0.3 is 5.73 Å². The first kappa shape index (κ1) is 12.5. The summed E-state index contributed by atoms with van der Waals surface area (Å²) in [6.07, 6.45) is 0.831. The minimum atomic E-state index is -0.394. The normalized spacial score (nSPS) is 14.7. The molecule has 0 fully saturated rings. The molecular weight excluding hydrogens is 248 g/mol. The lowest BCUT2D eigenvalue weighted by molar-refractivity contribution is 0.230. The number of nitrogens with zero attached hydrogens (tertiary/aromatic N) is 1. The number of nitrogens with two attached hydrogens (primary N) is 1. The van der Waals surface area contributed by atoms with Crippen molar-refractivity contribution >= 4 is 17.3 Å². The number of hydrogen-bond acceptors (Lipinski definition) is 1. The minimum absolute atomic E-state index is 0.394. The smallest absolute Gasteiger partial charge is 0.319 e. The Morgan fingerprint density at radius 2 is 1.45 bits per heavy atom. The summed E-state index contributed by atoms with van der Waals surface area (Å²) in [5.41, 5.74) is 9.81. The van der Waals surface area contributed by atoms with Crippen LogP contribution in [0.1, 0.15) is 17.5 Å². The molecule has 2 aromatic carbocycles. The molecule has 1 heterocycles. The molecule has 1 aliphatic heterocycles. The van der Waals surface area contributed by atoms with Gasteiger partial charge in [0.05, 0.1) is 5.70 Å². The number of amides is 2. The summed E-state index contributed by atoms with van der Waals surface area (Å²) in [6.45, 7) is 0.643. The Labute approximate surface area is 118 Å². The predicted molar refractivity (Wildman–Crippen MR) is 80.6 cm³/mol. The molecule has 0 unspecified atom stereocenters. The third-order valence-corrected chi connectivity index (χ3v) is 3.58. The van der Waals surface area contributed by atoms with Gasteiger partial charge in [0, 0.05) is 6.54 Å². The van der Waals surface area contributed by atoms with Gasteiger partial charge in [-0.2, -0.15) is 0 Å². The molecule has 2 aromatic rings. The number of rotatable bonds is 2. The highest BCUT2D eigenvalue weighted by Gasteiger charge is 2.27. The van der Waals surface area contributed by atoms with Crippen LogP contribution in [0.25, 0.3) is 11.3 Å². The number of benzene rings is 2. The fourth-order valence-electron chi connectivity index (χ4n) is 2.68. The van der Waals surface area contributed by atoms with Gasteiger partial charge in [-0.15, -0.1) is 0 Å². The molecule has 3 heteroatoms. The molecule has 3 nitrogen and oxygen atoms in total. The maximum Gasteiger partial charge on any atom is 0.319 e. The summed E-state index contributed by atoms with van der Waals surface area (Å²) < 4.78 is 0. The number of urea groups is 1. The highest BCUT2D eigenvalue weighted by Crippen LogP contribution is 2.37. The van der Waals surface area contributed by atoms with E-state index >= 15 is 0 Å². The lowest BCUT2D eigenvalue weighted by Gasteiger charge is -2.18. The lowest BCUT2D eigenvalue weighted by atomic mass is 10.00. The highest BCUT2D eigenvalue weighted by molar-refractivity contribution is 5.99. The van der Waals surface area contributed by atoms with Crippen molar-refractivity contribution in [2.45, 2.75) is 6.42 Å². The summed E-state index contributed by atoms with van der Waals surface area (Å²) in [6, 6.07) is 19.7. The van der Waals surface area contributed by atoms with Gasteiger partial charge in [-0.05, 0) is 23.1 Å². The molecule has 0 atom stereocenters. The number of carbonyl (C=O) groups is 1. The molecular formula is C17H16N2O. The van der Waals surface area contributed by atoms with Crippen LogP contribution in [0.2, 0.25) is 0 Å². The second kappa shape index (κ2) is 5.21. The second-order valence-corrected chi connectivity index (χ2v) is 4.80. The van der Waals surface area contributed by atoms with E-state index in [1.54, 1.807) is 4.90 Å². The molecule has 0 bridgehead atoms. The topological polar surface area (TPSA) is 46.3 Å². The zero-order chi connectivity index (χ0) is 13.9. The monoisotopic (exact) mass is 264 g/mol. The maximum atomic E-state index is 11.7. The maximum absolute atomic E-state index is 11.7. The average molecular weight is 264 g/mol. The Balaban J connectivity index is 2.16. The van der Waals surface area contributed by atoms with Gasteiger partial charge >= 0.3 is 6.03 Å². The molecule has 0 aromatic heterocycles.